The van der Waals surface area contributed by atoms with Gasteiger partial charge in [-0.15, -0.1) is 0 Å². The Labute approximate surface area is 124 Å². The summed E-state index contributed by atoms with van der Waals surface area (Å²) in [5.41, 5.74) is 1.02. The van der Waals surface area contributed by atoms with Gasteiger partial charge in [0.05, 0.1) is 12.8 Å². The second-order valence-electron chi connectivity index (χ2n) is 5.03. The van der Waals surface area contributed by atoms with Crippen LogP contribution in [0.3, 0.4) is 0 Å². The molecule has 112 valence electrons. The van der Waals surface area contributed by atoms with Crippen LogP contribution in [0.1, 0.15) is 32.5 Å². The summed E-state index contributed by atoms with van der Waals surface area (Å²) in [7, 11) is 1.51. The van der Waals surface area contributed by atoms with E-state index in [9.17, 15) is 4.39 Å². The van der Waals surface area contributed by atoms with Gasteiger partial charge in [-0.05, 0) is 19.1 Å². The Morgan fingerprint density at radius 3 is 2.57 bits per heavy atom. The summed E-state index contributed by atoms with van der Waals surface area (Å²) < 4.78 is 19.2. The predicted octanol–water partition coefficient (Wildman–Crippen LogP) is 3.85. The van der Waals surface area contributed by atoms with Crippen molar-refractivity contribution in [3.63, 3.8) is 0 Å². The highest BCUT2D eigenvalue weighted by atomic mass is 19.1. The van der Waals surface area contributed by atoms with E-state index < -0.39 is 0 Å². The molecule has 0 saturated heterocycles. The zero-order valence-electron chi connectivity index (χ0n) is 12.8. The van der Waals surface area contributed by atoms with Crippen molar-refractivity contribution in [3.8, 4) is 17.0 Å². The molecule has 1 aromatic heterocycles. The number of methoxy groups -OCH3 is 1. The number of hydrogen-bond acceptors (Lipinski definition) is 4. The molecular formula is C16H20FN3O. The SMILES string of the molecule is CCNc1cc(-c2ccc(OC)cc2F)nc(C(C)C)n1. The Morgan fingerprint density at radius 2 is 2.00 bits per heavy atom. The Bertz CT molecular complexity index is 629. The number of nitrogens with one attached hydrogen (secondary N) is 1. The lowest BCUT2D eigenvalue weighted by molar-refractivity contribution is 0.411. The molecule has 0 aliphatic carbocycles. The van der Waals surface area contributed by atoms with Crippen LogP contribution in [0.25, 0.3) is 11.3 Å². The zero-order valence-corrected chi connectivity index (χ0v) is 12.8. The molecule has 0 bridgehead atoms. The monoisotopic (exact) mass is 289 g/mol. The average Bonchev–Trinajstić information content (AvgIpc) is 2.47. The molecule has 1 heterocycles. The molecule has 0 atom stereocenters. The van der Waals surface area contributed by atoms with E-state index in [2.05, 4.69) is 15.3 Å². The number of ether oxygens (including phenoxy) is 1. The standard InChI is InChI=1S/C16H20FN3O/c1-5-18-15-9-14(19-16(20-15)10(2)3)12-7-6-11(21-4)8-13(12)17/h6-10H,5H2,1-4H3,(H,18,19,20). The maximum Gasteiger partial charge on any atom is 0.136 e. The first kappa shape index (κ1) is 15.2. The molecule has 4 nitrogen and oxygen atoms in total. The molecule has 0 aliphatic rings. The van der Waals surface area contributed by atoms with E-state index in [1.54, 1.807) is 18.2 Å². The van der Waals surface area contributed by atoms with Crippen LogP contribution in [0, 0.1) is 5.82 Å². The van der Waals surface area contributed by atoms with Crippen molar-refractivity contribution in [2.75, 3.05) is 19.0 Å². The highest BCUT2D eigenvalue weighted by molar-refractivity contribution is 5.64. The molecule has 0 radical (unpaired) electrons. The van der Waals surface area contributed by atoms with E-state index in [0.717, 1.165) is 6.54 Å². The highest BCUT2D eigenvalue weighted by Crippen LogP contribution is 2.27. The van der Waals surface area contributed by atoms with Gasteiger partial charge < -0.3 is 10.1 Å². The molecule has 0 aliphatic heterocycles. The number of nitrogens with zero attached hydrogens (tertiary/aromatic N) is 2. The number of aromatic nitrogens is 2. The van der Waals surface area contributed by atoms with Crippen molar-refractivity contribution < 1.29 is 9.13 Å². The van der Waals surface area contributed by atoms with Crippen LogP contribution >= 0.6 is 0 Å². The van der Waals surface area contributed by atoms with Crippen molar-refractivity contribution >= 4 is 5.82 Å². The quantitative estimate of drug-likeness (QED) is 0.908. The van der Waals surface area contributed by atoms with E-state index in [0.29, 0.717) is 28.6 Å². The third kappa shape index (κ3) is 3.48. The molecular weight excluding hydrogens is 269 g/mol. The molecule has 1 N–H and O–H groups in total. The fourth-order valence-corrected chi connectivity index (χ4v) is 1.96. The van der Waals surface area contributed by atoms with E-state index in [1.165, 1.54) is 13.2 Å². The average molecular weight is 289 g/mol. The fraction of sp³-hybridized carbons (Fsp3) is 0.375. The molecule has 1 aromatic carbocycles. The second-order valence-corrected chi connectivity index (χ2v) is 5.03. The number of hydrogen-bond donors (Lipinski definition) is 1. The van der Waals surface area contributed by atoms with Gasteiger partial charge in [0, 0.05) is 30.2 Å². The largest absolute Gasteiger partial charge is 0.497 e. The molecule has 0 amide bonds. The lowest BCUT2D eigenvalue weighted by atomic mass is 10.1. The topological polar surface area (TPSA) is 47.0 Å². The van der Waals surface area contributed by atoms with Crippen molar-refractivity contribution in [2.24, 2.45) is 0 Å². The first-order valence-corrected chi connectivity index (χ1v) is 7.02. The van der Waals surface area contributed by atoms with Crippen LogP contribution < -0.4 is 10.1 Å². The summed E-state index contributed by atoms with van der Waals surface area (Å²) in [6, 6.07) is 6.53. The van der Waals surface area contributed by atoms with Gasteiger partial charge in [0.25, 0.3) is 0 Å². The van der Waals surface area contributed by atoms with Gasteiger partial charge in [-0.2, -0.15) is 0 Å². The van der Waals surface area contributed by atoms with Crippen LogP contribution in [0.15, 0.2) is 24.3 Å². The smallest absolute Gasteiger partial charge is 0.136 e. The molecule has 0 fully saturated rings. The summed E-state index contributed by atoms with van der Waals surface area (Å²) >= 11 is 0. The van der Waals surface area contributed by atoms with Gasteiger partial charge in [0.2, 0.25) is 0 Å². The Kier molecular flexibility index (Phi) is 4.73. The van der Waals surface area contributed by atoms with Crippen molar-refractivity contribution in [3.05, 3.63) is 35.9 Å². The summed E-state index contributed by atoms with van der Waals surface area (Å²) in [6.45, 7) is 6.77. The third-order valence-corrected chi connectivity index (χ3v) is 3.07. The second kappa shape index (κ2) is 6.52. The minimum Gasteiger partial charge on any atom is -0.497 e. The third-order valence-electron chi connectivity index (χ3n) is 3.07. The minimum absolute atomic E-state index is 0.170. The number of halogens is 1. The van der Waals surface area contributed by atoms with Gasteiger partial charge in [-0.3, -0.25) is 0 Å². The fourth-order valence-electron chi connectivity index (χ4n) is 1.96. The first-order valence-electron chi connectivity index (χ1n) is 7.02. The van der Waals surface area contributed by atoms with Crippen LogP contribution in [0.4, 0.5) is 10.2 Å². The van der Waals surface area contributed by atoms with E-state index in [-0.39, 0.29) is 11.7 Å². The first-order chi connectivity index (χ1) is 10.0. The molecule has 5 heteroatoms. The predicted molar refractivity (Wildman–Crippen MR) is 82.2 cm³/mol. The number of rotatable bonds is 5. The van der Waals surface area contributed by atoms with Crippen LogP contribution in [0.5, 0.6) is 5.75 Å². The Morgan fingerprint density at radius 1 is 1.24 bits per heavy atom. The minimum atomic E-state index is -0.356. The maximum absolute atomic E-state index is 14.2. The van der Waals surface area contributed by atoms with Crippen LogP contribution in [-0.4, -0.2) is 23.6 Å². The lowest BCUT2D eigenvalue weighted by Crippen LogP contribution is -2.06. The van der Waals surface area contributed by atoms with E-state index in [1.807, 2.05) is 20.8 Å². The lowest BCUT2D eigenvalue weighted by Gasteiger charge is -2.12. The van der Waals surface area contributed by atoms with Crippen molar-refractivity contribution in [1.29, 1.82) is 0 Å². The molecule has 0 spiro atoms. The van der Waals surface area contributed by atoms with Crippen LogP contribution in [-0.2, 0) is 0 Å². The molecule has 0 saturated carbocycles. The van der Waals surface area contributed by atoms with Crippen molar-refractivity contribution in [1.82, 2.24) is 9.97 Å². The van der Waals surface area contributed by atoms with Crippen molar-refractivity contribution in [2.45, 2.75) is 26.7 Å². The van der Waals surface area contributed by atoms with Crippen LogP contribution in [0.2, 0.25) is 0 Å². The van der Waals surface area contributed by atoms with Gasteiger partial charge >= 0.3 is 0 Å². The molecule has 0 unspecified atom stereocenters. The highest BCUT2D eigenvalue weighted by Gasteiger charge is 2.13. The zero-order chi connectivity index (χ0) is 15.4. The Hall–Kier alpha value is -2.17. The summed E-state index contributed by atoms with van der Waals surface area (Å²) in [6.07, 6.45) is 0. The van der Waals surface area contributed by atoms with Gasteiger partial charge in [-0.1, -0.05) is 13.8 Å². The summed E-state index contributed by atoms with van der Waals surface area (Å²) in [5, 5.41) is 3.16. The molecule has 21 heavy (non-hydrogen) atoms. The van der Waals surface area contributed by atoms with Gasteiger partial charge in [0.1, 0.15) is 23.2 Å². The maximum atomic E-state index is 14.2. The number of benzene rings is 1. The van der Waals surface area contributed by atoms with E-state index in [4.69, 9.17) is 4.74 Å². The molecule has 2 rings (SSSR count). The summed E-state index contributed by atoms with van der Waals surface area (Å²) in [4.78, 5) is 8.91. The van der Waals surface area contributed by atoms with E-state index >= 15 is 0 Å². The van der Waals surface area contributed by atoms with Gasteiger partial charge in [0.15, 0.2) is 0 Å². The Balaban J connectivity index is 2.51. The van der Waals surface area contributed by atoms with Gasteiger partial charge in [-0.25, -0.2) is 14.4 Å². The number of anilines is 1. The normalized spacial score (nSPS) is 10.8. The summed E-state index contributed by atoms with van der Waals surface area (Å²) in [5.74, 6) is 1.70. The molecule has 2 aromatic rings.